The fraction of sp³-hybridized carbons (Fsp3) is 0.364. The normalized spacial score (nSPS) is 12.7. The molecule has 2 aromatic carbocycles. The van der Waals surface area contributed by atoms with Crippen LogP contribution >= 0.6 is 0 Å². The molecular weight excluding hydrogens is 340 g/mol. The van der Waals surface area contributed by atoms with E-state index >= 15 is 0 Å². The average Bonchev–Trinajstić information content (AvgIpc) is 2.66. The largest absolute Gasteiger partial charge is 0.450 e. The molecule has 0 aromatic heterocycles. The van der Waals surface area contributed by atoms with E-state index in [1.54, 1.807) is 19.1 Å². The number of hydrogen-bond donors (Lipinski definition) is 2. The minimum absolute atomic E-state index is 0.0491. The van der Waals surface area contributed by atoms with Crippen molar-refractivity contribution in [3.05, 3.63) is 59.7 Å². The van der Waals surface area contributed by atoms with E-state index in [0.29, 0.717) is 18.0 Å². The summed E-state index contributed by atoms with van der Waals surface area (Å²) in [6.45, 7) is 8.08. The molecule has 0 bridgehead atoms. The Hall–Kier alpha value is -2.82. The van der Waals surface area contributed by atoms with Crippen LogP contribution in [0.5, 0.6) is 0 Å². The Kier molecular flexibility index (Phi) is 7.41. The molecule has 2 amide bonds. The second kappa shape index (κ2) is 9.76. The monoisotopic (exact) mass is 368 g/mol. The molecule has 2 rings (SSSR count). The first kappa shape index (κ1) is 20.5. The van der Waals surface area contributed by atoms with Gasteiger partial charge in [0.25, 0.3) is 0 Å². The second-order valence-electron chi connectivity index (χ2n) is 6.59. The summed E-state index contributed by atoms with van der Waals surface area (Å²) >= 11 is 0. The molecule has 2 atom stereocenters. The van der Waals surface area contributed by atoms with Crippen molar-refractivity contribution >= 4 is 23.4 Å². The highest BCUT2D eigenvalue weighted by molar-refractivity contribution is 5.98. The minimum Gasteiger partial charge on any atom is -0.450 e. The van der Waals surface area contributed by atoms with Crippen molar-refractivity contribution in [1.82, 2.24) is 0 Å². The van der Waals surface area contributed by atoms with Crippen LogP contribution in [0.4, 0.5) is 16.2 Å². The number of amides is 2. The molecule has 0 aliphatic heterocycles. The van der Waals surface area contributed by atoms with Crippen molar-refractivity contribution in [1.29, 1.82) is 0 Å². The van der Waals surface area contributed by atoms with E-state index in [4.69, 9.17) is 4.74 Å². The number of ether oxygens (including phenoxy) is 1. The van der Waals surface area contributed by atoms with Gasteiger partial charge < -0.3 is 10.1 Å². The van der Waals surface area contributed by atoms with E-state index in [9.17, 15) is 9.59 Å². The number of carbonyl (C=O) groups excluding carboxylic acids is 2. The number of hydrogen-bond acceptors (Lipinski definition) is 3. The molecule has 0 aliphatic carbocycles. The predicted octanol–water partition coefficient (Wildman–Crippen LogP) is 5.33. The second-order valence-corrected chi connectivity index (χ2v) is 6.59. The zero-order valence-electron chi connectivity index (χ0n) is 16.4. The van der Waals surface area contributed by atoms with Gasteiger partial charge in [0.2, 0.25) is 5.91 Å². The number of anilines is 2. The Morgan fingerprint density at radius 1 is 0.963 bits per heavy atom. The van der Waals surface area contributed by atoms with Crippen molar-refractivity contribution < 1.29 is 14.3 Å². The molecular formula is C22H28N2O3. The molecule has 2 unspecified atom stereocenters. The highest BCUT2D eigenvalue weighted by Crippen LogP contribution is 2.30. The van der Waals surface area contributed by atoms with Crippen LogP contribution in [0.25, 0.3) is 0 Å². The van der Waals surface area contributed by atoms with E-state index in [0.717, 1.165) is 17.5 Å². The van der Waals surface area contributed by atoms with E-state index in [-0.39, 0.29) is 17.7 Å². The molecule has 144 valence electrons. The molecule has 0 spiro atoms. The maximum absolute atomic E-state index is 13.1. The van der Waals surface area contributed by atoms with Crippen LogP contribution in [0.15, 0.2) is 48.5 Å². The highest BCUT2D eigenvalue weighted by atomic mass is 16.5. The van der Waals surface area contributed by atoms with E-state index in [1.165, 1.54) is 0 Å². The number of carbonyl (C=O) groups is 2. The first-order valence-electron chi connectivity index (χ1n) is 9.37. The van der Waals surface area contributed by atoms with Gasteiger partial charge in [-0.15, -0.1) is 0 Å². The van der Waals surface area contributed by atoms with Gasteiger partial charge in [-0.2, -0.15) is 0 Å². The van der Waals surface area contributed by atoms with Gasteiger partial charge in [0, 0.05) is 11.4 Å². The van der Waals surface area contributed by atoms with E-state index in [2.05, 4.69) is 24.5 Å². The first-order chi connectivity index (χ1) is 13.0. The Labute approximate surface area is 161 Å². The SMILES string of the molecule is CCOC(=O)Nc1cccc(NC(=O)C(c2ccccc2)C(C)CC)c1C. The topological polar surface area (TPSA) is 67.4 Å². The van der Waals surface area contributed by atoms with Crippen molar-refractivity contribution in [2.24, 2.45) is 5.92 Å². The summed E-state index contributed by atoms with van der Waals surface area (Å²) in [5.41, 5.74) is 3.09. The molecule has 0 heterocycles. The summed E-state index contributed by atoms with van der Waals surface area (Å²) in [5, 5.41) is 5.75. The summed E-state index contributed by atoms with van der Waals surface area (Å²) in [7, 11) is 0. The van der Waals surface area contributed by atoms with Crippen LogP contribution in [0.2, 0.25) is 0 Å². The van der Waals surface area contributed by atoms with Crippen LogP contribution in [-0.4, -0.2) is 18.6 Å². The van der Waals surface area contributed by atoms with Gasteiger partial charge in [0.05, 0.1) is 12.5 Å². The fourth-order valence-electron chi connectivity index (χ4n) is 3.03. The summed E-state index contributed by atoms with van der Waals surface area (Å²) in [4.78, 5) is 24.8. The van der Waals surface area contributed by atoms with Crippen LogP contribution in [0, 0.1) is 12.8 Å². The Morgan fingerprint density at radius 3 is 2.19 bits per heavy atom. The van der Waals surface area contributed by atoms with Crippen molar-refractivity contribution in [3.8, 4) is 0 Å². The van der Waals surface area contributed by atoms with Gasteiger partial charge in [0.15, 0.2) is 0 Å². The molecule has 2 N–H and O–H groups in total. The lowest BCUT2D eigenvalue weighted by Gasteiger charge is -2.23. The third kappa shape index (κ3) is 5.33. The zero-order valence-corrected chi connectivity index (χ0v) is 16.4. The highest BCUT2D eigenvalue weighted by Gasteiger charge is 2.26. The smallest absolute Gasteiger partial charge is 0.411 e. The molecule has 5 heteroatoms. The Balaban J connectivity index is 2.24. The van der Waals surface area contributed by atoms with Gasteiger partial charge in [-0.05, 0) is 43.0 Å². The standard InChI is InChI=1S/C22H28N2O3/c1-5-15(3)20(17-11-8-7-9-12-17)21(25)23-18-13-10-14-19(16(18)4)24-22(26)27-6-2/h7-15,20H,5-6H2,1-4H3,(H,23,25)(H,24,26). The molecule has 0 fully saturated rings. The zero-order chi connectivity index (χ0) is 19.8. The van der Waals surface area contributed by atoms with Crippen LogP contribution in [0.1, 0.15) is 44.2 Å². The first-order valence-corrected chi connectivity index (χ1v) is 9.37. The molecule has 2 aromatic rings. The Bertz CT molecular complexity index is 774. The lowest BCUT2D eigenvalue weighted by molar-refractivity contribution is -0.118. The van der Waals surface area contributed by atoms with Gasteiger partial charge in [-0.1, -0.05) is 56.7 Å². The number of benzene rings is 2. The Morgan fingerprint density at radius 2 is 1.59 bits per heavy atom. The summed E-state index contributed by atoms with van der Waals surface area (Å²) in [6.07, 6.45) is 0.391. The molecule has 0 aliphatic rings. The van der Waals surface area contributed by atoms with Crippen LogP contribution in [0.3, 0.4) is 0 Å². The average molecular weight is 368 g/mol. The predicted molar refractivity (Wildman–Crippen MR) is 109 cm³/mol. The maximum atomic E-state index is 13.1. The van der Waals surface area contributed by atoms with E-state index in [1.807, 2.05) is 43.3 Å². The summed E-state index contributed by atoms with van der Waals surface area (Å²) in [6, 6.07) is 15.2. The van der Waals surface area contributed by atoms with Crippen molar-refractivity contribution in [3.63, 3.8) is 0 Å². The molecule has 0 saturated heterocycles. The molecule has 0 saturated carbocycles. The number of nitrogens with one attached hydrogen (secondary N) is 2. The van der Waals surface area contributed by atoms with Gasteiger partial charge in [-0.3, -0.25) is 10.1 Å². The van der Waals surface area contributed by atoms with Gasteiger partial charge in [-0.25, -0.2) is 4.79 Å². The summed E-state index contributed by atoms with van der Waals surface area (Å²) < 4.78 is 4.93. The lowest BCUT2D eigenvalue weighted by Crippen LogP contribution is -2.26. The van der Waals surface area contributed by atoms with Crippen molar-refractivity contribution in [2.45, 2.75) is 40.0 Å². The maximum Gasteiger partial charge on any atom is 0.411 e. The molecule has 5 nitrogen and oxygen atoms in total. The van der Waals surface area contributed by atoms with Gasteiger partial charge >= 0.3 is 6.09 Å². The van der Waals surface area contributed by atoms with Gasteiger partial charge in [0.1, 0.15) is 0 Å². The quantitative estimate of drug-likeness (QED) is 0.694. The third-order valence-electron chi connectivity index (χ3n) is 4.76. The van der Waals surface area contributed by atoms with Crippen molar-refractivity contribution in [2.75, 3.05) is 17.2 Å². The summed E-state index contributed by atoms with van der Waals surface area (Å²) in [5.74, 6) is -0.0854. The van der Waals surface area contributed by atoms with E-state index < -0.39 is 6.09 Å². The van der Waals surface area contributed by atoms with Crippen LogP contribution in [-0.2, 0) is 9.53 Å². The molecule has 27 heavy (non-hydrogen) atoms. The third-order valence-corrected chi connectivity index (χ3v) is 4.76. The lowest BCUT2D eigenvalue weighted by atomic mass is 9.85. The molecule has 0 radical (unpaired) electrons. The fourth-order valence-corrected chi connectivity index (χ4v) is 3.03. The number of rotatable bonds is 7. The van der Waals surface area contributed by atoms with Crippen LogP contribution < -0.4 is 10.6 Å². The minimum atomic E-state index is -0.508.